The SMILES string of the molecule is CCOP(=O)(CCN1CCN(CCC(CSc2ccccc2)NC(=O)O)CC1)OCC. The summed E-state index contributed by atoms with van der Waals surface area (Å²) < 4.78 is 23.4. The Labute approximate surface area is 190 Å². The van der Waals surface area contributed by atoms with Crippen LogP contribution in [0.25, 0.3) is 0 Å². The van der Waals surface area contributed by atoms with E-state index in [2.05, 4.69) is 15.1 Å². The highest BCUT2D eigenvalue weighted by Crippen LogP contribution is 2.47. The molecule has 8 nitrogen and oxygen atoms in total. The monoisotopic (exact) mass is 473 g/mol. The molecule has 176 valence electrons. The van der Waals surface area contributed by atoms with Gasteiger partial charge in [0.1, 0.15) is 0 Å². The maximum Gasteiger partial charge on any atom is 0.404 e. The summed E-state index contributed by atoms with van der Waals surface area (Å²) in [5, 5.41) is 11.8. The number of benzene rings is 1. The van der Waals surface area contributed by atoms with Crippen LogP contribution < -0.4 is 5.32 Å². The van der Waals surface area contributed by atoms with Gasteiger partial charge in [-0.1, -0.05) is 18.2 Å². The van der Waals surface area contributed by atoms with Crippen molar-refractivity contribution in [2.45, 2.75) is 31.2 Å². The molecule has 31 heavy (non-hydrogen) atoms. The quantitative estimate of drug-likeness (QED) is 0.312. The van der Waals surface area contributed by atoms with Gasteiger partial charge >= 0.3 is 13.7 Å². The maximum absolute atomic E-state index is 12.6. The molecule has 1 atom stereocenters. The highest BCUT2D eigenvalue weighted by atomic mass is 32.2. The zero-order chi connectivity index (χ0) is 22.5. The number of amides is 1. The van der Waals surface area contributed by atoms with Crippen LogP contribution in [0.1, 0.15) is 20.3 Å². The van der Waals surface area contributed by atoms with Crippen LogP contribution in [0.15, 0.2) is 35.2 Å². The fourth-order valence-electron chi connectivity index (χ4n) is 3.48. The normalized spacial score (nSPS) is 16.8. The summed E-state index contributed by atoms with van der Waals surface area (Å²) in [7, 11) is -3.00. The lowest BCUT2D eigenvalue weighted by Crippen LogP contribution is -2.48. The molecule has 2 rings (SSSR count). The molecule has 0 radical (unpaired) electrons. The summed E-state index contributed by atoms with van der Waals surface area (Å²) >= 11 is 1.67. The first kappa shape index (κ1) is 26.2. The van der Waals surface area contributed by atoms with Gasteiger partial charge in [-0.05, 0) is 32.4 Å². The predicted molar refractivity (Wildman–Crippen MR) is 125 cm³/mol. The maximum atomic E-state index is 12.6. The summed E-state index contributed by atoms with van der Waals surface area (Å²) in [4.78, 5) is 17.0. The lowest BCUT2D eigenvalue weighted by atomic mass is 10.2. The van der Waals surface area contributed by atoms with E-state index in [1.807, 2.05) is 44.2 Å². The van der Waals surface area contributed by atoms with Gasteiger partial charge in [-0.3, -0.25) is 4.57 Å². The Morgan fingerprint density at radius 2 is 1.68 bits per heavy atom. The van der Waals surface area contributed by atoms with Crippen LogP contribution in [0.2, 0.25) is 0 Å². The second kappa shape index (κ2) is 14.1. The summed E-state index contributed by atoms with van der Waals surface area (Å²) in [6, 6.07) is 9.94. The second-order valence-corrected chi connectivity index (χ2v) is 10.7. The Hall–Kier alpha value is -1.09. The van der Waals surface area contributed by atoms with Crippen LogP contribution in [0, 0.1) is 0 Å². The van der Waals surface area contributed by atoms with Gasteiger partial charge in [-0.25, -0.2) is 4.79 Å². The Balaban J connectivity index is 1.72. The van der Waals surface area contributed by atoms with Crippen LogP contribution in [-0.4, -0.2) is 91.4 Å². The van der Waals surface area contributed by atoms with Crippen molar-refractivity contribution in [3.05, 3.63) is 30.3 Å². The highest BCUT2D eigenvalue weighted by molar-refractivity contribution is 7.99. The number of carbonyl (C=O) groups is 1. The van der Waals surface area contributed by atoms with Crippen LogP contribution in [0.5, 0.6) is 0 Å². The van der Waals surface area contributed by atoms with E-state index < -0.39 is 13.7 Å². The number of thioether (sulfide) groups is 1. The molecule has 0 aromatic heterocycles. The van der Waals surface area contributed by atoms with Gasteiger partial charge in [0.05, 0.1) is 19.4 Å². The van der Waals surface area contributed by atoms with Gasteiger partial charge in [-0.2, -0.15) is 0 Å². The Kier molecular flexibility index (Phi) is 11.9. The molecule has 1 aromatic carbocycles. The molecule has 1 amide bonds. The van der Waals surface area contributed by atoms with E-state index in [0.29, 0.717) is 31.7 Å². The van der Waals surface area contributed by atoms with Crippen LogP contribution in [0.3, 0.4) is 0 Å². The average Bonchev–Trinajstić information content (AvgIpc) is 2.76. The zero-order valence-corrected chi connectivity index (χ0v) is 20.3. The summed E-state index contributed by atoms with van der Waals surface area (Å²) in [5.74, 6) is 0.709. The molecule has 0 saturated carbocycles. The number of rotatable bonds is 14. The lowest BCUT2D eigenvalue weighted by Gasteiger charge is -2.35. The minimum Gasteiger partial charge on any atom is -0.465 e. The van der Waals surface area contributed by atoms with Gasteiger partial charge < -0.3 is 29.3 Å². The predicted octanol–water partition coefficient (Wildman–Crippen LogP) is 3.69. The first-order valence-electron chi connectivity index (χ1n) is 10.9. The van der Waals surface area contributed by atoms with Crippen molar-refractivity contribution >= 4 is 25.5 Å². The largest absolute Gasteiger partial charge is 0.465 e. The first-order valence-corrected chi connectivity index (χ1v) is 13.7. The van der Waals surface area contributed by atoms with Gasteiger partial charge in [0.15, 0.2) is 0 Å². The molecule has 1 saturated heterocycles. The molecule has 2 N–H and O–H groups in total. The molecular formula is C21H36N3O5PS. The molecule has 1 fully saturated rings. The third-order valence-corrected chi connectivity index (χ3v) is 8.35. The second-order valence-electron chi connectivity index (χ2n) is 7.41. The molecule has 1 heterocycles. The first-order chi connectivity index (χ1) is 14.9. The number of hydrogen-bond donors (Lipinski definition) is 2. The standard InChI is InChI=1S/C21H36N3O5PS/c1-3-28-30(27,29-4-2)17-16-24-14-12-23(13-15-24)11-10-19(22-21(25)26)18-31-20-8-6-5-7-9-20/h5-9,19,22H,3-4,10-18H2,1-2H3,(H,25,26). The molecule has 1 unspecified atom stereocenters. The molecular weight excluding hydrogens is 437 g/mol. The molecule has 1 aliphatic rings. The van der Waals surface area contributed by atoms with Gasteiger partial charge in [0.25, 0.3) is 0 Å². The van der Waals surface area contributed by atoms with E-state index >= 15 is 0 Å². The fraction of sp³-hybridized carbons (Fsp3) is 0.667. The van der Waals surface area contributed by atoms with E-state index in [9.17, 15) is 9.36 Å². The number of nitrogens with zero attached hydrogens (tertiary/aromatic N) is 2. The molecule has 1 aliphatic heterocycles. The topological polar surface area (TPSA) is 91.3 Å². The highest BCUT2D eigenvalue weighted by Gasteiger charge is 2.26. The van der Waals surface area contributed by atoms with Crippen molar-refractivity contribution in [1.29, 1.82) is 0 Å². The smallest absolute Gasteiger partial charge is 0.404 e. The van der Waals surface area contributed by atoms with E-state index in [0.717, 1.165) is 44.0 Å². The Morgan fingerprint density at radius 1 is 1.10 bits per heavy atom. The van der Waals surface area contributed by atoms with Crippen LogP contribution in [0.4, 0.5) is 4.79 Å². The number of hydrogen-bond acceptors (Lipinski definition) is 7. The molecule has 1 aromatic rings. The van der Waals surface area contributed by atoms with E-state index in [1.165, 1.54) is 0 Å². The lowest BCUT2D eigenvalue weighted by molar-refractivity contribution is 0.130. The Morgan fingerprint density at radius 3 is 2.23 bits per heavy atom. The minimum absolute atomic E-state index is 0.0935. The fourth-order valence-corrected chi connectivity index (χ4v) is 6.12. The van der Waals surface area contributed by atoms with Crippen molar-refractivity contribution in [1.82, 2.24) is 15.1 Å². The van der Waals surface area contributed by atoms with E-state index in [1.54, 1.807) is 11.8 Å². The van der Waals surface area contributed by atoms with Crippen LogP contribution >= 0.6 is 19.4 Å². The zero-order valence-electron chi connectivity index (χ0n) is 18.6. The third-order valence-electron chi connectivity index (χ3n) is 5.12. The van der Waals surface area contributed by atoms with Gasteiger partial charge in [-0.15, -0.1) is 11.8 Å². The van der Waals surface area contributed by atoms with E-state index in [-0.39, 0.29) is 6.04 Å². The summed E-state index contributed by atoms with van der Waals surface area (Å²) in [5.41, 5.74) is 0. The van der Waals surface area contributed by atoms with Crippen molar-refractivity contribution in [2.75, 3.05) is 64.4 Å². The van der Waals surface area contributed by atoms with Crippen molar-refractivity contribution in [2.24, 2.45) is 0 Å². The van der Waals surface area contributed by atoms with E-state index in [4.69, 9.17) is 14.2 Å². The number of piperazine rings is 1. The Bertz CT molecular complexity index is 679. The third kappa shape index (κ3) is 10.4. The van der Waals surface area contributed by atoms with Crippen molar-refractivity contribution in [3.63, 3.8) is 0 Å². The number of carboxylic acid groups (broad SMARTS) is 1. The number of nitrogens with one attached hydrogen (secondary N) is 1. The van der Waals surface area contributed by atoms with Crippen LogP contribution in [-0.2, 0) is 13.6 Å². The molecule has 0 aliphatic carbocycles. The van der Waals surface area contributed by atoms with Gasteiger partial charge in [0, 0.05) is 56.0 Å². The molecule has 0 spiro atoms. The molecule has 10 heteroatoms. The van der Waals surface area contributed by atoms with Crippen molar-refractivity contribution in [3.8, 4) is 0 Å². The average molecular weight is 474 g/mol. The molecule has 0 bridgehead atoms. The van der Waals surface area contributed by atoms with Gasteiger partial charge in [0.2, 0.25) is 0 Å². The summed E-state index contributed by atoms with van der Waals surface area (Å²) in [6.07, 6.45) is 0.211. The minimum atomic E-state index is -3.00. The van der Waals surface area contributed by atoms with Crippen molar-refractivity contribution < 1.29 is 23.5 Å². The summed E-state index contributed by atoms with van der Waals surface area (Å²) in [6.45, 7) is 9.61.